The van der Waals surface area contributed by atoms with Crippen LogP contribution in [0.1, 0.15) is 26.7 Å². The van der Waals surface area contributed by atoms with Gasteiger partial charge in [-0.05, 0) is 50.4 Å². The predicted octanol–water partition coefficient (Wildman–Crippen LogP) is 4.05. The maximum absolute atomic E-state index is 12.3. The van der Waals surface area contributed by atoms with Gasteiger partial charge in [-0.25, -0.2) is 0 Å². The Kier molecular flexibility index (Phi) is 5.30. The number of anilines is 1. The summed E-state index contributed by atoms with van der Waals surface area (Å²) in [6.07, 6.45) is 2.40. The van der Waals surface area contributed by atoms with Crippen LogP contribution in [-0.2, 0) is 4.79 Å². The molecule has 1 amide bonds. The van der Waals surface area contributed by atoms with Gasteiger partial charge in [-0.2, -0.15) is 0 Å². The molecule has 1 saturated heterocycles. The molecule has 110 valence electrons. The second-order valence-electron chi connectivity index (χ2n) is 5.53. The topological polar surface area (TPSA) is 32.3 Å². The van der Waals surface area contributed by atoms with E-state index in [1.165, 1.54) is 6.42 Å². The van der Waals surface area contributed by atoms with Gasteiger partial charge in [0.25, 0.3) is 0 Å². The number of hydrogen-bond acceptors (Lipinski definition) is 2. The third kappa shape index (κ3) is 3.87. The molecule has 0 saturated carbocycles. The first kappa shape index (κ1) is 15.6. The average molecular weight is 315 g/mol. The van der Waals surface area contributed by atoms with Crippen molar-refractivity contribution in [3.05, 3.63) is 28.2 Å². The van der Waals surface area contributed by atoms with Gasteiger partial charge in [0.15, 0.2) is 0 Å². The number of likely N-dealkylation sites (tertiary alicyclic amines) is 1. The second-order valence-corrected chi connectivity index (χ2v) is 6.38. The number of nitrogens with zero attached hydrogens (tertiary/aromatic N) is 1. The van der Waals surface area contributed by atoms with Crippen LogP contribution in [0.15, 0.2) is 18.2 Å². The van der Waals surface area contributed by atoms with E-state index < -0.39 is 0 Å². The van der Waals surface area contributed by atoms with Crippen LogP contribution < -0.4 is 5.32 Å². The first-order valence-electron chi connectivity index (χ1n) is 6.97. The fourth-order valence-corrected chi connectivity index (χ4v) is 3.03. The molecule has 1 N–H and O–H groups in total. The van der Waals surface area contributed by atoms with E-state index in [4.69, 9.17) is 23.2 Å². The molecule has 20 heavy (non-hydrogen) atoms. The maximum Gasteiger partial charge on any atom is 0.241 e. The number of carbonyl (C=O) groups excluding carboxylic acids is 1. The Morgan fingerprint density at radius 2 is 2.20 bits per heavy atom. The molecule has 0 bridgehead atoms. The van der Waals surface area contributed by atoms with Gasteiger partial charge in [-0.1, -0.05) is 30.1 Å². The zero-order valence-electron chi connectivity index (χ0n) is 11.8. The molecule has 0 aliphatic carbocycles. The minimum absolute atomic E-state index is 0.0247. The van der Waals surface area contributed by atoms with E-state index in [2.05, 4.69) is 17.1 Å². The monoisotopic (exact) mass is 314 g/mol. The van der Waals surface area contributed by atoms with Crippen LogP contribution in [0.3, 0.4) is 0 Å². The number of piperidine rings is 1. The van der Waals surface area contributed by atoms with Gasteiger partial charge in [-0.15, -0.1) is 0 Å². The third-order valence-corrected chi connectivity index (χ3v) is 4.35. The number of carbonyl (C=O) groups is 1. The molecule has 1 aromatic rings. The minimum atomic E-state index is -0.149. The van der Waals surface area contributed by atoms with Crippen molar-refractivity contribution < 1.29 is 4.79 Å². The number of hydrogen-bond donors (Lipinski definition) is 1. The van der Waals surface area contributed by atoms with Gasteiger partial charge in [0, 0.05) is 11.6 Å². The number of rotatable bonds is 3. The highest BCUT2D eigenvalue weighted by atomic mass is 35.5. The molecule has 0 aromatic heterocycles. The Balaban J connectivity index is 2.00. The number of nitrogens with one attached hydrogen (secondary N) is 1. The molecule has 2 atom stereocenters. The molecule has 0 unspecified atom stereocenters. The molecule has 3 nitrogen and oxygen atoms in total. The van der Waals surface area contributed by atoms with Crippen molar-refractivity contribution in [3.63, 3.8) is 0 Å². The maximum atomic E-state index is 12.3. The summed E-state index contributed by atoms with van der Waals surface area (Å²) >= 11 is 11.9. The molecule has 1 aromatic carbocycles. The van der Waals surface area contributed by atoms with Crippen LogP contribution in [0.5, 0.6) is 0 Å². The van der Waals surface area contributed by atoms with Gasteiger partial charge >= 0.3 is 0 Å². The Labute approximate surface area is 130 Å². The lowest BCUT2D eigenvalue weighted by Gasteiger charge is -2.34. The molecule has 1 fully saturated rings. The zero-order valence-corrected chi connectivity index (χ0v) is 13.3. The summed E-state index contributed by atoms with van der Waals surface area (Å²) in [5.74, 6) is 0.626. The molecular weight excluding hydrogens is 295 g/mol. The van der Waals surface area contributed by atoms with E-state index in [1.54, 1.807) is 18.2 Å². The molecule has 1 heterocycles. The Morgan fingerprint density at radius 1 is 1.45 bits per heavy atom. The quantitative estimate of drug-likeness (QED) is 0.912. The fraction of sp³-hybridized carbons (Fsp3) is 0.533. The van der Waals surface area contributed by atoms with E-state index >= 15 is 0 Å². The standard InChI is InChI=1S/C15H20Cl2N2O/c1-10-4-3-7-19(9-10)11(2)15(20)18-14-6-5-12(16)8-13(14)17/h5-6,8,10-11H,3-4,7,9H2,1-2H3,(H,18,20)/t10-,11+/m1/s1. The summed E-state index contributed by atoms with van der Waals surface area (Å²) in [6.45, 7) is 6.13. The minimum Gasteiger partial charge on any atom is -0.323 e. The van der Waals surface area contributed by atoms with Gasteiger partial charge in [-0.3, -0.25) is 9.69 Å². The summed E-state index contributed by atoms with van der Waals surface area (Å²) in [6, 6.07) is 4.93. The predicted molar refractivity (Wildman–Crippen MR) is 84.5 cm³/mol. The lowest BCUT2D eigenvalue weighted by molar-refractivity contribution is -0.121. The molecular formula is C15H20Cl2N2O. The van der Waals surface area contributed by atoms with Crippen molar-refractivity contribution in [2.45, 2.75) is 32.7 Å². The molecule has 1 aliphatic heterocycles. The van der Waals surface area contributed by atoms with Crippen molar-refractivity contribution in [2.24, 2.45) is 5.92 Å². The molecule has 0 radical (unpaired) electrons. The second kappa shape index (κ2) is 6.79. The Hall–Kier alpha value is -0.770. The van der Waals surface area contributed by atoms with Gasteiger partial charge in [0.05, 0.1) is 16.8 Å². The SMILES string of the molecule is C[C@@H]1CCCN([C@@H](C)C(=O)Nc2ccc(Cl)cc2Cl)C1. The van der Waals surface area contributed by atoms with Crippen molar-refractivity contribution in [1.29, 1.82) is 0 Å². The van der Waals surface area contributed by atoms with Crippen LogP contribution in [-0.4, -0.2) is 29.9 Å². The van der Waals surface area contributed by atoms with E-state index in [9.17, 15) is 4.79 Å². The number of benzene rings is 1. The summed E-state index contributed by atoms with van der Waals surface area (Å²) < 4.78 is 0. The summed E-state index contributed by atoms with van der Waals surface area (Å²) in [5.41, 5.74) is 0.609. The molecule has 2 rings (SSSR count). The summed E-state index contributed by atoms with van der Waals surface area (Å²) in [5, 5.41) is 3.90. The highest BCUT2D eigenvalue weighted by Crippen LogP contribution is 2.26. The molecule has 0 spiro atoms. The van der Waals surface area contributed by atoms with Gasteiger partial charge in [0.2, 0.25) is 5.91 Å². The van der Waals surface area contributed by atoms with Gasteiger partial charge < -0.3 is 5.32 Å². The smallest absolute Gasteiger partial charge is 0.241 e. The first-order valence-corrected chi connectivity index (χ1v) is 7.73. The van der Waals surface area contributed by atoms with Crippen molar-refractivity contribution >= 4 is 34.8 Å². The highest BCUT2D eigenvalue weighted by molar-refractivity contribution is 6.36. The molecule has 5 heteroatoms. The van der Waals surface area contributed by atoms with E-state index in [0.717, 1.165) is 19.5 Å². The number of halogens is 2. The van der Waals surface area contributed by atoms with E-state index in [0.29, 0.717) is 21.7 Å². The van der Waals surface area contributed by atoms with Crippen LogP contribution >= 0.6 is 23.2 Å². The number of amides is 1. The largest absolute Gasteiger partial charge is 0.323 e. The third-order valence-electron chi connectivity index (χ3n) is 3.80. The van der Waals surface area contributed by atoms with Crippen LogP contribution in [0.4, 0.5) is 5.69 Å². The van der Waals surface area contributed by atoms with Crippen LogP contribution in [0.25, 0.3) is 0 Å². The zero-order chi connectivity index (χ0) is 14.7. The lowest BCUT2D eigenvalue weighted by Crippen LogP contribution is -2.46. The van der Waals surface area contributed by atoms with Crippen molar-refractivity contribution in [2.75, 3.05) is 18.4 Å². The Bertz CT molecular complexity index is 493. The van der Waals surface area contributed by atoms with E-state index in [-0.39, 0.29) is 11.9 Å². The average Bonchev–Trinajstić information content (AvgIpc) is 2.41. The fourth-order valence-electron chi connectivity index (χ4n) is 2.57. The Morgan fingerprint density at radius 3 is 2.85 bits per heavy atom. The van der Waals surface area contributed by atoms with Crippen molar-refractivity contribution in [3.8, 4) is 0 Å². The molecule has 1 aliphatic rings. The van der Waals surface area contributed by atoms with Crippen molar-refractivity contribution in [1.82, 2.24) is 4.90 Å². The van der Waals surface area contributed by atoms with Crippen LogP contribution in [0.2, 0.25) is 10.0 Å². The normalized spacial score (nSPS) is 21.5. The lowest BCUT2D eigenvalue weighted by atomic mass is 9.99. The summed E-state index contributed by atoms with van der Waals surface area (Å²) in [4.78, 5) is 14.5. The van der Waals surface area contributed by atoms with Gasteiger partial charge in [0.1, 0.15) is 0 Å². The van der Waals surface area contributed by atoms with Crippen LogP contribution in [0, 0.1) is 5.92 Å². The van der Waals surface area contributed by atoms with E-state index in [1.807, 2.05) is 6.92 Å². The highest BCUT2D eigenvalue weighted by Gasteiger charge is 2.25. The first-order chi connectivity index (χ1) is 9.47. The summed E-state index contributed by atoms with van der Waals surface area (Å²) in [7, 11) is 0.